The van der Waals surface area contributed by atoms with Crippen LogP contribution in [-0.4, -0.2) is 8.76 Å². The lowest BCUT2D eigenvalue weighted by atomic mass is 10.3. The van der Waals surface area contributed by atoms with E-state index in [0.717, 1.165) is 6.07 Å². The van der Waals surface area contributed by atoms with Crippen LogP contribution in [0.2, 0.25) is 0 Å². The molecule has 1 aromatic rings. The van der Waals surface area contributed by atoms with Gasteiger partial charge in [-0.25, -0.2) is 8.60 Å². The number of hydrogen-bond acceptors (Lipinski definition) is 1. The second-order valence-corrected chi connectivity index (χ2v) is 3.62. The van der Waals surface area contributed by atoms with Crippen molar-refractivity contribution in [3.63, 3.8) is 0 Å². The van der Waals surface area contributed by atoms with E-state index in [2.05, 4.69) is 15.9 Å². The third kappa shape index (κ3) is 2.08. The zero-order valence-electron chi connectivity index (χ0n) is 5.25. The van der Waals surface area contributed by atoms with Crippen molar-refractivity contribution >= 4 is 27.0 Å². The summed E-state index contributed by atoms with van der Waals surface area (Å²) in [6, 6.07) is 3.61. The molecule has 1 atom stereocenters. The largest absolute Gasteiger partial charge is 0.302 e. The highest BCUT2D eigenvalue weighted by Crippen LogP contribution is 2.19. The molecule has 0 amide bonds. The van der Waals surface area contributed by atoms with E-state index in [9.17, 15) is 8.60 Å². The van der Waals surface area contributed by atoms with Gasteiger partial charge in [0.1, 0.15) is 5.82 Å². The van der Waals surface area contributed by atoms with Crippen molar-refractivity contribution in [2.24, 2.45) is 0 Å². The summed E-state index contributed by atoms with van der Waals surface area (Å²) >= 11 is 0.874. The first-order valence-corrected chi connectivity index (χ1v) is 4.57. The molecule has 0 saturated carbocycles. The fourth-order valence-corrected chi connectivity index (χ4v) is 1.72. The highest BCUT2D eigenvalue weighted by Gasteiger charge is 2.05. The van der Waals surface area contributed by atoms with Gasteiger partial charge in [0.25, 0.3) is 0 Å². The lowest BCUT2D eigenvalue weighted by Crippen LogP contribution is -1.90. The molecular formula is C6H4BrFO2S. The highest BCUT2D eigenvalue weighted by atomic mass is 79.9. The summed E-state index contributed by atoms with van der Waals surface area (Å²) in [6.07, 6.45) is 0. The van der Waals surface area contributed by atoms with Crippen molar-refractivity contribution in [2.75, 3.05) is 0 Å². The molecule has 1 aromatic carbocycles. The van der Waals surface area contributed by atoms with Crippen LogP contribution < -0.4 is 0 Å². The van der Waals surface area contributed by atoms with Gasteiger partial charge in [-0.05, 0) is 34.1 Å². The van der Waals surface area contributed by atoms with Crippen LogP contribution in [0, 0.1) is 5.82 Å². The third-order valence-electron chi connectivity index (χ3n) is 1.08. The van der Waals surface area contributed by atoms with Crippen LogP contribution in [0.15, 0.2) is 27.6 Å². The van der Waals surface area contributed by atoms with Crippen LogP contribution in [0.1, 0.15) is 0 Å². The summed E-state index contributed by atoms with van der Waals surface area (Å²) in [4.78, 5) is 0.0463. The Morgan fingerprint density at radius 3 is 2.64 bits per heavy atom. The highest BCUT2D eigenvalue weighted by molar-refractivity contribution is 9.10. The van der Waals surface area contributed by atoms with Gasteiger partial charge in [0.15, 0.2) is 11.1 Å². The van der Waals surface area contributed by atoms with Crippen molar-refractivity contribution < 1.29 is 13.2 Å². The number of hydrogen-bond donors (Lipinski definition) is 1. The Morgan fingerprint density at radius 2 is 2.18 bits per heavy atom. The second kappa shape index (κ2) is 3.42. The zero-order chi connectivity index (χ0) is 8.43. The topological polar surface area (TPSA) is 37.3 Å². The lowest BCUT2D eigenvalue weighted by Gasteiger charge is -1.97. The van der Waals surface area contributed by atoms with Gasteiger partial charge in [0, 0.05) is 4.47 Å². The molecule has 0 aromatic heterocycles. The average Bonchev–Trinajstić information content (AvgIpc) is 1.94. The second-order valence-electron chi connectivity index (χ2n) is 1.82. The Hall–Kier alpha value is -0.260. The van der Waals surface area contributed by atoms with Gasteiger partial charge >= 0.3 is 0 Å². The number of rotatable bonds is 1. The molecule has 1 unspecified atom stereocenters. The molecule has 60 valence electrons. The van der Waals surface area contributed by atoms with E-state index in [1.165, 1.54) is 12.1 Å². The summed E-state index contributed by atoms with van der Waals surface area (Å²) in [5.74, 6) is -0.523. The molecule has 0 aliphatic carbocycles. The molecule has 2 nitrogen and oxygen atoms in total. The normalized spacial score (nSPS) is 13.0. The summed E-state index contributed by atoms with van der Waals surface area (Å²) in [7, 11) is 0. The van der Waals surface area contributed by atoms with Gasteiger partial charge in [0.2, 0.25) is 0 Å². The predicted molar refractivity (Wildman–Crippen MR) is 43.1 cm³/mol. The molecule has 1 N–H and O–H groups in total. The Bertz CT molecular complexity index is 303. The number of benzene rings is 1. The fourth-order valence-electron chi connectivity index (χ4n) is 0.611. The van der Waals surface area contributed by atoms with E-state index in [0.29, 0.717) is 4.47 Å². The van der Waals surface area contributed by atoms with Crippen LogP contribution in [-0.2, 0) is 11.1 Å². The maximum absolute atomic E-state index is 12.4. The smallest absolute Gasteiger partial charge is 0.187 e. The van der Waals surface area contributed by atoms with Crippen LogP contribution in [0.25, 0.3) is 0 Å². The molecule has 0 spiro atoms. The Morgan fingerprint density at radius 1 is 1.55 bits per heavy atom. The molecule has 11 heavy (non-hydrogen) atoms. The van der Waals surface area contributed by atoms with Gasteiger partial charge < -0.3 is 4.55 Å². The van der Waals surface area contributed by atoms with Gasteiger partial charge in [-0.2, -0.15) is 0 Å². The molecule has 1 rings (SSSR count). The Kier molecular flexibility index (Phi) is 2.75. The minimum atomic E-state index is -2.14. The summed E-state index contributed by atoms with van der Waals surface area (Å²) in [5, 5.41) is 0. The van der Waals surface area contributed by atoms with Crippen molar-refractivity contribution in [2.45, 2.75) is 4.90 Å². The molecule has 0 radical (unpaired) electrons. The van der Waals surface area contributed by atoms with Crippen molar-refractivity contribution in [1.82, 2.24) is 0 Å². The van der Waals surface area contributed by atoms with Crippen LogP contribution in [0.5, 0.6) is 0 Å². The van der Waals surface area contributed by atoms with Gasteiger partial charge in [-0.15, -0.1) is 0 Å². The molecular weight excluding hydrogens is 235 g/mol. The van der Waals surface area contributed by atoms with Gasteiger partial charge in [-0.1, -0.05) is 0 Å². The van der Waals surface area contributed by atoms with Crippen LogP contribution in [0.4, 0.5) is 4.39 Å². The third-order valence-corrected chi connectivity index (χ3v) is 2.75. The van der Waals surface area contributed by atoms with E-state index < -0.39 is 16.9 Å². The molecule has 0 saturated heterocycles. The fraction of sp³-hybridized carbons (Fsp3) is 0. The minimum Gasteiger partial charge on any atom is -0.302 e. The minimum absolute atomic E-state index is 0.0463. The average molecular weight is 239 g/mol. The molecule has 0 bridgehead atoms. The SMILES string of the molecule is O=S(O)c1cc(F)ccc1Br. The summed E-state index contributed by atoms with van der Waals surface area (Å²) in [6.45, 7) is 0. The van der Waals surface area contributed by atoms with Crippen molar-refractivity contribution in [3.05, 3.63) is 28.5 Å². The first kappa shape index (κ1) is 8.83. The molecule has 0 aliphatic heterocycles. The van der Waals surface area contributed by atoms with E-state index in [1.807, 2.05) is 0 Å². The van der Waals surface area contributed by atoms with E-state index in [4.69, 9.17) is 4.55 Å². The van der Waals surface area contributed by atoms with Crippen LogP contribution >= 0.6 is 15.9 Å². The Labute approximate surface area is 73.8 Å². The van der Waals surface area contributed by atoms with E-state index >= 15 is 0 Å². The molecule has 5 heteroatoms. The van der Waals surface area contributed by atoms with Gasteiger partial charge in [-0.3, -0.25) is 0 Å². The van der Waals surface area contributed by atoms with Crippen LogP contribution in [0.3, 0.4) is 0 Å². The van der Waals surface area contributed by atoms with E-state index in [-0.39, 0.29) is 4.90 Å². The maximum Gasteiger partial charge on any atom is 0.187 e. The lowest BCUT2D eigenvalue weighted by molar-refractivity contribution is 0.560. The standard InChI is InChI=1S/C6H4BrFO2S/c7-5-2-1-4(8)3-6(5)11(9)10/h1-3H,(H,9,10). The molecule has 0 aliphatic rings. The predicted octanol–water partition coefficient (Wildman–Crippen LogP) is 2.17. The quantitative estimate of drug-likeness (QED) is 0.762. The first-order valence-electron chi connectivity index (χ1n) is 2.67. The Balaban J connectivity index is 3.23. The van der Waals surface area contributed by atoms with Crippen molar-refractivity contribution in [1.29, 1.82) is 0 Å². The monoisotopic (exact) mass is 238 g/mol. The maximum atomic E-state index is 12.4. The molecule has 0 fully saturated rings. The summed E-state index contributed by atoms with van der Waals surface area (Å²) < 4.78 is 32.0. The molecule has 0 heterocycles. The number of halogens is 2. The summed E-state index contributed by atoms with van der Waals surface area (Å²) in [5.41, 5.74) is 0. The van der Waals surface area contributed by atoms with Crippen molar-refractivity contribution in [3.8, 4) is 0 Å². The van der Waals surface area contributed by atoms with E-state index in [1.54, 1.807) is 0 Å². The zero-order valence-corrected chi connectivity index (χ0v) is 7.65. The van der Waals surface area contributed by atoms with Gasteiger partial charge in [0.05, 0.1) is 4.90 Å². The first-order chi connectivity index (χ1) is 5.11.